The van der Waals surface area contributed by atoms with Gasteiger partial charge in [0.2, 0.25) is 5.78 Å². The Kier molecular flexibility index (Phi) is 5.64. The molecule has 1 aliphatic rings. The zero-order chi connectivity index (χ0) is 22.8. The first-order valence-electron chi connectivity index (χ1n) is 9.69. The Morgan fingerprint density at radius 2 is 1.81 bits per heavy atom. The molecule has 0 amide bonds. The number of fused-ring (bicyclic) bond motifs is 1. The van der Waals surface area contributed by atoms with Gasteiger partial charge in [-0.2, -0.15) is 0 Å². The van der Waals surface area contributed by atoms with Gasteiger partial charge < -0.3 is 18.9 Å². The fourth-order valence-electron chi connectivity index (χ4n) is 3.33. The molecular weight excluding hydrogens is 415 g/mol. The molecule has 32 heavy (non-hydrogen) atoms. The van der Waals surface area contributed by atoms with E-state index in [1.807, 2.05) is 0 Å². The van der Waals surface area contributed by atoms with Crippen molar-refractivity contribution in [1.82, 2.24) is 0 Å². The average Bonchev–Trinajstić information content (AvgIpc) is 3.12. The first-order chi connectivity index (χ1) is 15.4. The third kappa shape index (κ3) is 3.92. The van der Waals surface area contributed by atoms with Crippen molar-refractivity contribution < 1.29 is 32.9 Å². The van der Waals surface area contributed by atoms with Gasteiger partial charge in [0.15, 0.2) is 5.76 Å². The van der Waals surface area contributed by atoms with Gasteiger partial charge in [0.05, 0.1) is 25.3 Å². The molecule has 0 bridgehead atoms. The lowest BCUT2D eigenvalue weighted by Gasteiger charge is -2.10. The van der Waals surface area contributed by atoms with Crippen LogP contribution >= 0.6 is 0 Å². The summed E-state index contributed by atoms with van der Waals surface area (Å²) in [4.78, 5) is 25.2. The largest absolute Gasteiger partial charge is 0.497 e. The molecule has 0 saturated heterocycles. The Balaban J connectivity index is 1.62. The van der Waals surface area contributed by atoms with Gasteiger partial charge in [-0.15, -0.1) is 0 Å². The predicted molar refractivity (Wildman–Crippen MR) is 115 cm³/mol. The highest BCUT2D eigenvalue weighted by Gasteiger charge is 2.31. The van der Waals surface area contributed by atoms with Crippen molar-refractivity contribution in [3.63, 3.8) is 0 Å². The minimum atomic E-state index is -0.712. The van der Waals surface area contributed by atoms with Crippen molar-refractivity contribution in [2.45, 2.75) is 6.92 Å². The maximum Gasteiger partial charge on any atom is 0.343 e. The van der Waals surface area contributed by atoms with Crippen molar-refractivity contribution in [2.75, 3.05) is 14.2 Å². The van der Waals surface area contributed by atoms with E-state index in [0.29, 0.717) is 33.9 Å². The van der Waals surface area contributed by atoms with Crippen LogP contribution in [0.25, 0.3) is 6.08 Å². The quantitative estimate of drug-likeness (QED) is 0.320. The molecule has 0 aromatic heterocycles. The van der Waals surface area contributed by atoms with Crippen LogP contribution in [0, 0.1) is 12.7 Å². The Labute approximate surface area is 183 Å². The van der Waals surface area contributed by atoms with E-state index in [9.17, 15) is 14.0 Å². The normalized spacial score (nSPS) is 13.5. The monoisotopic (exact) mass is 434 g/mol. The second-order valence-corrected chi connectivity index (χ2v) is 7.01. The minimum absolute atomic E-state index is 0.0779. The summed E-state index contributed by atoms with van der Waals surface area (Å²) in [6.45, 7) is 1.68. The van der Waals surface area contributed by atoms with E-state index in [-0.39, 0.29) is 22.9 Å². The zero-order valence-electron chi connectivity index (χ0n) is 17.6. The van der Waals surface area contributed by atoms with Crippen molar-refractivity contribution in [3.05, 3.63) is 88.4 Å². The molecule has 0 aliphatic carbocycles. The number of hydrogen-bond donors (Lipinski definition) is 0. The lowest BCUT2D eigenvalue weighted by Crippen LogP contribution is -2.09. The van der Waals surface area contributed by atoms with Crippen molar-refractivity contribution in [2.24, 2.45) is 0 Å². The van der Waals surface area contributed by atoms with E-state index in [1.54, 1.807) is 38.3 Å². The first-order valence-corrected chi connectivity index (χ1v) is 9.69. The smallest absolute Gasteiger partial charge is 0.343 e. The molecule has 0 atom stereocenters. The molecule has 0 radical (unpaired) electrons. The van der Waals surface area contributed by atoms with Crippen LogP contribution in [-0.4, -0.2) is 26.0 Å². The van der Waals surface area contributed by atoms with Crippen molar-refractivity contribution in [1.29, 1.82) is 0 Å². The molecule has 1 heterocycles. The zero-order valence-corrected chi connectivity index (χ0v) is 17.6. The molecule has 3 aromatic rings. The number of benzene rings is 3. The summed E-state index contributed by atoms with van der Waals surface area (Å²) < 4.78 is 35.2. The molecule has 7 heteroatoms. The van der Waals surface area contributed by atoms with Gasteiger partial charge in [0.25, 0.3) is 0 Å². The van der Waals surface area contributed by atoms with Gasteiger partial charge in [0.1, 0.15) is 28.8 Å². The SMILES string of the molecule is COc1ccc(/C=C2\Oc3c(ccc(OC(=O)c4cccc(F)c4)c3C)C2=O)c(OC)c1. The standard InChI is InChI=1S/C25H19FO6/c1-14-20(32-25(28)16-5-4-6-17(26)11-16)10-9-19-23(27)22(31-24(14)19)12-15-7-8-18(29-2)13-21(15)30-3/h4-13H,1-3H3/b22-12-. The van der Waals surface area contributed by atoms with E-state index in [1.165, 1.54) is 37.4 Å². The highest BCUT2D eigenvalue weighted by Crippen LogP contribution is 2.40. The summed E-state index contributed by atoms with van der Waals surface area (Å²) in [7, 11) is 3.07. The summed E-state index contributed by atoms with van der Waals surface area (Å²) in [6.07, 6.45) is 1.58. The van der Waals surface area contributed by atoms with Gasteiger partial charge in [0, 0.05) is 17.2 Å². The maximum atomic E-state index is 13.4. The fourth-order valence-corrected chi connectivity index (χ4v) is 3.33. The molecule has 0 N–H and O–H groups in total. The number of rotatable bonds is 5. The van der Waals surface area contributed by atoms with Crippen LogP contribution < -0.4 is 18.9 Å². The number of halogens is 1. The topological polar surface area (TPSA) is 71.1 Å². The maximum absolute atomic E-state index is 13.4. The third-order valence-electron chi connectivity index (χ3n) is 5.03. The molecule has 0 fully saturated rings. The fraction of sp³-hybridized carbons (Fsp3) is 0.120. The lowest BCUT2D eigenvalue weighted by molar-refractivity contribution is 0.0732. The summed E-state index contributed by atoms with van der Waals surface area (Å²) >= 11 is 0. The molecule has 0 saturated carbocycles. The van der Waals surface area contributed by atoms with Crippen LogP contribution in [0.1, 0.15) is 31.8 Å². The lowest BCUT2D eigenvalue weighted by atomic mass is 10.1. The predicted octanol–water partition coefficient (Wildman–Crippen LogP) is 4.99. The van der Waals surface area contributed by atoms with Gasteiger partial charge in [-0.25, -0.2) is 9.18 Å². The molecule has 0 unspecified atom stereocenters. The molecule has 162 valence electrons. The average molecular weight is 434 g/mol. The Bertz CT molecular complexity index is 1260. The van der Waals surface area contributed by atoms with Gasteiger partial charge in [-0.3, -0.25) is 4.79 Å². The Hall–Kier alpha value is -4.13. The van der Waals surface area contributed by atoms with Crippen LogP contribution in [0.4, 0.5) is 4.39 Å². The van der Waals surface area contributed by atoms with Crippen LogP contribution in [-0.2, 0) is 0 Å². The van der Waals surface area contributed by atoms with Crippen LogP contribution in [0.5, 0.6) is 23.0 Å². The van der Waals surface area contributed by atoms with E-state index < -0.39 is 11.8 Å². The van der Waals surface area contributed by atoms with Gasteiger partial charge in [-0.05, 0) is 55.5 Å². The van der Waals surface area contributed by atoms with Gasteiger partial charge in [-0.1, -0.05) is 6.07 Å². The summed E-state index contributed by atoms with van der Waals surface area (Å²) in [5, 5.41) is 0. The number of esters is 1. The van der Waals surface area contributed by atoms with Crippen LogP contribution in [0.15, 0.2) is 60.4 Å². The van der Waals surface area contributed by atoms with E-state index in [4.69, 9.17) is 18.9 Å². The van der Waals surface area contributed by atoms with E-state index in [0.717, 1.165) is 6.07 Å². The number of carbonyl (C=O) groups is 2. The van der Waals surface area contributed by atoms with Crippen LogP contribution in [0.3, 0.4) is 0 Å². The molecular formula is C25H19FO6. The third-order valence-corrected chi connectivity index (χ3v) is 5.03. The summed E-state index contributed by atoms with van der Waals surface area (Å²) in [5.74, 6) is 0.215. The number of ether oxygens (including phenoxy) is 4. The molecule has 3 aromatic carbocycles. The molecule has 0 spiro atoms. The number of Topliss-reactive ketones (excluding diaryl/α,β-unsaturated/α-hetero) is 1. The number of carbonyl (C=O) groups excluding carboxylic acids is 2. The van der Waals surface area contributed by atoms with Gasteiger partial charge >= 0.3 is 5.97 Å². The summed E-state index contributed by atoms with van der Waals surface area (Å²) in [5.41, 5.74) is 1.55. The van der Waals surface area contributed by atoms with E-state index in [2.05, 4.69) is 0 Å². The Morgan fingerprint density at radius 1 is 1.00 bits per heavy atom. The van der Waals surface area contributed by atoms with E-state index >= 15 is 0 Å². The second kappa shape index (κ2) is 8.55. The molecule has 1 aliphatic heterocycles. The minimum Gasteiger partial charge on any atom is -0.497 e. The summed E-state index contributed by atoms with van der Waals surface area (Å²) in [6, 6.07) is 13.5. The van der Waals surface area contributed by atoms with Crippen molar-refractivity contribution >= 4 is 17.8 Å². The number of allylic oxidation sites excluding steroid dienone is 1. The molecule has 6 nitrogen and oxygen atoms in total. The highest BCUT2D eigenvalue weighted by molar-refractivity contribution is 6.15. The highest BCUT2D eigenvalue weighted by atomic mass is 19.1. The Morgan fingerprint density at radius 3 is 2.53 bits per heavy atom. The van der Waals surface area contributed by atoms with Crippen LogP contribution in [0.2, 0.25) is 0 Å². The number of hydrogen-bond acceptors (Lipinski definition) is 6. The van der Waals surface area contributed by atoms with Crippen molar-refractivity contribution in [3.8, 4) is 23.0 Å². The number of ketones is 1. The second-order valence-electron chi connectivity index (χ2n) is 7.01. The number of methoxy groups -OCH3 is 2. The first kappa shape index (κ1) is 21.1. The molecule has 4 rings (SSSR count).